The Balaban J connectivity index is 1.48. The molecule has 4 nitrogen and oxygen atoms in total. The quantitative estimate of drug-likeness (QED) is 0.656. The molecule has 0 spiro atoms. The molecule has 0 radical (unpaired) electrons. The average molecular weight is 361 g/mol. The van der Waals surface area contributed by atoms with Gasteiger partial charge >= 0.3 is 6.09 Å². The van der Waals surface area contributed by atoms with E-state index in [1.165, 1.54) is 22.3 Å². The topological polar surface area (TPSA) is 38.8 Å². The third-order valence-electron chi connectivity index (χ3n) is 6.61. The molecule has 0 N–H and O–H groups in total. The number of carbonyl (C=O) groups is 1. The molecule has 0 unspecified atom stereocenters. The predicted molar refractivity (Wildman–Crippen MR) is 100.0 cm³/mol. The fourth-order valence-electron chi connectivity index (χ4n) is 5.94. The van der Waals surface area contributed by atoms with Crippen LogP contribution < -0.4 is 0 Å². The molecule has 138 valence electrons. The Morgan fingerprint density at radius 1 is 0.852 bits per heavy atom. The maximum absolute atomic E-state index is 13.2. The molecular formula is C23H23NO3. The van der Waals surface area contributed by atoms with Crippen LogP contribution in [0.4, 0.5) is 4.79 Å². The van der Waals surface area contributed by atoms with Gasteiger partial charge in [0.05, 0.1) is 24.3 Å². The van der Waals surface area contributed by atoms with Crippen molar-refractivity contribution in [2.24, 2.45) is 11.8 Å². The number of ether oxygens (including phenoxy) is 2. The van der Waals surface area contributed by atoms with E-state index in [0.29, 0.717) is 11.8 Å². The lowest BCUT2D eigenvalue weighted by Gasteiger charge is -2.31. The smallest absolute Gasteiger partial charge is 0.411 e. The van der Waals surface area contributed by atoms with Crippen molar-refractivity contribution in [3.05, 3.63) is 70.8 Å². The molecule has 6 atom stereocenters. The zero-order chi connectivity index (χ0) is 18.5. The fraction of sp³-hybridized carbons (Fsp3) is 0.435. The number of nitrogens with zero attached hydrogens (tertiary/aromatic N) is 1. The SMILES string of the molecule is CC(C)(C)OC(=O)N1[C@@H]2c3ccccc3[C@H]1[C@@H]1[C@H]2[C@@H]2O[C@H]1c1ccccc12. The Morgan fingerprint density at radius 2 is 1.30 bits per heavy atom. The second kappa shape index (κ2) is 4.93. The van der Waals surface area contributed by atoms with Crippen LogP contribution in [0.5, 0.6) is 0 Å². The van der Waals surface area contributed by atoms with Crippen molar-refractivity contribution < 1.29 is 14.3 Å². The molecule has 2 fully saturated rings. The molecule has 0 saturated carbocycles. The third-order valence-corrected chi connectivity index (χ3v) is 6.61. The lowest BCUT2D eigenvalue weighted by atomic mass is 9.67. The van der Waals surface area contributed by atoms with Crippen LogP contribution in [0, 0.1) is 11.8 Å². The molecule has 4 aliphatic heterocycles. The molecule has 4 bridgehead atoms. The molecule has 27 heavy (non-hydrogen) atoms. The van der Waals surface area contributed by atoms with E-state index in [0.717, 1.165) is 0 Å². The van der Waals surface area contributed by atoms with Gasteiger partial charge in [0.2, 0.25) is 0 Å². The highest BCUT2D eigenvalue weighted by atomic mass is 16.6. The number of hydrogen-bond donors (Lipinski definition) is 0. The summed E-state index contributed by atoms with van der Waals surface area (Å²) in [7, 11) is 0. The van der Waals surface area contributed by atoms with Gasteiger partial charge in [0.15, 0.2) is 0 Å². The first-order valence-corrected chi connectivity index (χ1v) is 9.80. The summed E-state index contributed by atoms with van der Waals surface area (Å²) in [5.74, 6) is 0.606. The number of rotatable bonds is 0. The number of carbonyl (C=O) groups excluding carboxylic acids is 1. The highest BCUT2D eigenvalue weighted by Gasteiger charge is 2.69. The molecule has 2 aromatic rings. The Hall–Kier alpha value is -2.33. The Labute approximate surface area is 159 Å². The van der Waals surface area contributed by atoms with Crippen LogP contribution in [0.15, 0.2) is 48.5 Å². The maximum atomic E-state index is 13.2. The van der Waals surface area contributed by atoms with Crippen LogP contribution in [0.1, 0.15) is 67.3 Å². The molecule has 4 heterocycles. The average Bonchev–Trinajstić information content (AvgIpc) is 3.35. The minimum Gasteiger partial charge on any atom is -0.444 e. The normalized spacial score (nSPS) is 34.4. The molecule has 4 heteroatoms. The van der Waals surface area contributed by atoms with Gasteiger partial charge < -0.3 is 9.47 Å². The second-order valence-electron chi connectivity index (χ2n) is 9.17. The highest BCUT2D eigenvalue weighted by molar-refractivity contribution is 5.73. The summed E-state index contributed by atoms with van der Waals surface area (Å²) in [6, 6.07) is 17.1. The predicted octanol–water partition coefficient (Wildman–Crippen LogP) is 5.09. The summed E-state index contributed by atoms with van der Waals surface area (Å²) in [4.78, 5) is 15.2. The highest BCUT2D eigenvalue weighted by Crippen LogP contribution is 2.73. The van der Waals surface area contributed by atoms with E-state index in [4.69, 9.17) is 9.47 Å². The summed E-state index contributed by atoms with van der Waals surface area (Å²) < 4.78 is 12.3. The van der Waals surface area contributed by atoms with Crippen LogP contribution >= 0.6 is 0 Å². The van der Waals surface area contributed by atoms with Crippen LogP contribution in [-0.2, 0) is 9.47 Å². The van der Waals surface area contributed by atoms with E-state index >= 15 is 0 Å². The summed E-state index contributed by atoms with van der Waals surface area (Å²) in [6.07, 6.45) is -0.0551. The molecule has 0 aromatic heterocycles. The zero-order valence-corrected chi connectivity index (χ0v) is 15.8. The molecular weight excluding hydrogens is 338 g/mol. The van der Waals surface area contributed by atoms with Crippen molar-refractivity contribution in [2.45, 2.75) is 50.7 Å². The summed E-state index contributed by atoms with van der Waals surface area (Å²) >= 11 is 0. The number of fused-ring (bicyclic) bond motifs is 15. The van der Waals surface area contributed by atoms with E-state index in [-0.39, 0.29) is 30.4 Å². The Bertz CT molecular complexity index is 900. The Kier molecular flexibility index (Phi) is 2.87. The van der Waals surface area contributed by atoms with Crippen molar-refractivity contribution in [2.75, 3.05) is 0 Å². The van der Waals surface area contributed by atoms with Gasteiger partial charge in [-0.1, -0.05) is 48.5 Å². The second-order valence-corrected chi connectivity index (χ2v) is 9.17. The van der Waals surface area contributed by atoms with Crippen LogP contribution in [0.2, 0.25) is 0 Å². The summed E-state index contributed by atoms with van der Waals surface area (Å²) in [6.45, 7) is 5.79. The summed E-state index contributed by atoms with van der Waals surface area (Å²) in [5.41, 5.74) is 4.64. The van der Waals surface area contributed by atoms with Crippen molar-refractivity contribution in [3.8, 4) is 0 Å². The van der Waals surface area contributed by atoms with Crippen molar-refractivity contribution in [3.63, 3.8) is 0 Å². The third kappa shape index (κ3) is 1.89. The zero-order valence-electron chi connectivity index (χ0n) is 15.8. The minimum absolute atomic E-state index is 0.0365. The van der Waals surface area contributed by atoms with Gasteiger partial charge in [-0.05, 0) is 43.0 Å². The fourth-order valence-corrected chi connectivity index (χ4v) is 5.94. The van der Waals surface area contributed by atoms with Gasteiger partial charge in [-0.2, -0.15) is 0 Å². The minimum atomic E-state index is -0.501. The van der Waals surface area contributed by atoms with E-state index in [1.807, 2.05) is 25.7 Å². The standard InChI is InChI=1S/C23H23NO3/c1-23(2,3)27-22(25)24-18-12-8-4-5-9-13(12)19(24)17-16(18)20-14-10-6-7-11-15(14)21(17)26-20/h4-11,16-21H,1-3H3/t16-,17+,18-,19+,20-,21+. The Morgan fingerprint density at radius 3 is 1.74 bits per heavy atom. The van der Waals surface area contributed by atoms with Gasteiger partial charge in [-0.3, -0.25) is 4.90 Å². The van der Waals surface area contributed by atoms with Crippen LogP contribution in [0.3, 0.4) is 0 Å². The number of benzene rings is 2. The number of hydrogen-bond acceptors (Lipinski definition) is 3. The first kappa shape index (κ1) is 15.7. The van der Waals surface area contributed by atoms with Gasteiger partial charge in [0.1, 0.15) is 5.60 Å². The molecule has 6 rings (SSSR count). The largest absolute Gasteiger partial charge is 0.444 e. The van der Waals surface area contributed by atoms with Crippen molar-refractivity contribution in [1.82, 2.24) is 4.90 Å². The van der Waals surface area contributed by atoms with Crippen molar-refractivity contribution >= 4 is 6.09 Å². The van der Waals surface area contributed by atoms with Gasteiger partial charge in [-0.15, -0.1) is 0 Å². The molecule has 2 aromatic carbocycles. The first-order chi connectivity index (χ1) is 13.0. The van der Waals surface area contributed by atoms with E-state index in [2.05, 4.69) is 48.5 Å². The van der Waals surface area contributed by atoms with Crippen molar-refractivity contribution in [1.29, 1.82) is 0 Å². The van der Waals surface area contributed by atoms with Crippen LogP contribution in [0.25, 0.3) is 0 Å². The first-order valence-electron chi connectivity index (χ1n) is 9.80. The van der Waals surface area contributed by atoms with Gasteiger partial charge in [0.25, 0.3) is 0 Å². The lowest BCUT2D eigenvalue weighted by Crippen LogP contribution is -2.36. The maximum Gasteiger partial charge on any atom is 0.411 e. The van der Waals surface area contributed by atoms with E-state index in [1.54, 1.807) is 0 Å². The molecule has 0 aliphatic carbocycles. The molecule has 1 amide bonds. The molecule has 2 saturated heterocycles. The lowest BCUT2D eigenvalue weighted by molar-refractivity contribution is -0.00642. The molecule has 4 aliphatic rings. The van der Waals surface area contributed by atoms with Gasteiger partial charge in [0, 0.05) is 11.8 Å². The number of amides is 1. The van der Waals surface area contributed by atoms with Crippen LogP contribution in [-0.4, -0.2) is 16.6 Å². The van der Waals surface area contributed by atoms with Gasteiger partial charge in [-0.25, -0.2) is 4.79 Å². The van der Waals surface area contributed by atoms with E-state index < -0.39 is 5.60 Å². The summed E-state index contributed by atoms with van der Waals surface area (Å²) in [5, 5.41) is 0. The monoisotopic (exact) mass is 361 g/mol. The van der Waals surface area contributed by atoms with E-state index in [9.17, 15) is 4.79 Å².